The number of halogens is 1. The summed E-state index contributed by atoms with van der Waals surface area (Å²) in [7, 11) is 0. The standard InChI is InChI=1S/C17H14FN3/c1-12(16-4-2-13(9-19)3-5-16)21-11-15-6-14(10-20)7-17(18)8-15/h2-8,12,21H,11H2,1H3. The second-order valence-corrected chi connectivity index (χ2v) is 4.80. The first kappa shape index (κ1) is 14.7. The van der Waals surface area contributed by atoms with Crippen LogP contribution in [0, 0.1) is 28.5 Å². The Labute approximate surface area is 123 Å². The van der Waals surface area contributed by atoms with E-state index >= 15 is 0 Å². The summed E-state index contributed by atoms with van der Waals surface area (Å²) in [5.74, 6) is -0.406. The third-order valence-electron chi connectivity index (χ3n) is 3.24. The molecule has 0 bridgehead atoms. The molecule has 21 heavy (non-hydrogen) atoms. The maximum absolute atomic E-state index is 13.3. The van der Waals surface area contributed by atoms with Gasteiger partial charge in [0.25, 0.3) is 0 Å². The summed E-state index contributed by atoms with van der Waals surface area (Å²) >= 11 is 0. The summed E-state index contributed by atoms with van der Waals surface area (Å²) in [5.41, 5.74) is 2.71. The van der Waals surface area contributed by atoms with Crippen LogP contribution in [0.5, 0.6) is 0 Å². The summed E-state index contributed by atoms with van der Waals surface area (Å²) in [4.78, 5) is 0. The zero-order chi connectivity index (χ0) is 15.2. The number of hydrogen-bond donors (Lipinski definition) is 1. The van der Waals surface area contributed by atoms with Crippen molar-refractivity contribution in [3.63, 3.8) is 0 Å². The Morgan fingerprint density at radius 3 is 2.33 bits per heavy atom. The summed E-state index contributed by atoms with van der Waals surface area (Å²) in [5, 5.41) is 20.9. The molecule has 0 fully saturated rings. The van der Waals surface area contributed by atoms with Crippen LogP contribution < -0.4 is 5.32 Å². The first-order valence-electron chi connectivity index (χ1n) is 6.55. The Balaban J connectivity index is 2.03. The van der Waals surface area contributed by atoms with E-state index < -0.39 is 5.82 Å². The van der Waals surface area contributed by atoms with Gasteiger partial charge in [0.2, 0.25) is 0 Å². The van der Waals surface area contributed by atoms with Crippen LogP contribution in [0.1, 0.15) is 35.2 Å². The van der Waals surface area contributed by atoms with Crippen molar-refractivity contribution in [2.45, 2.75) is 19.5 Å². The van der Waals surface area contributed by atoms with Crippen molar-refractivity contribution in [3.8, 4) is 12.1 Å². The fourth-order valence-electron chi connectivity index (χ4n) is 2.05. The van der Waals surface area contributed by atoms with Crippen LogP contribution in [0.4, 0.5) is 4.39 Å². The summed E-state index contributed by atoms with van der Waals surface area (Å²) in [6.07, 6.45) is 0. The van der Waals surface area contributed by atoms with Crippen molar-refractivity contribution in [3.05, 3.63) is 70.5 Å². The molecule has 0 radical (unpaired) electrons. The fraction of sp³-hybridized carbons (Fsp3) is 0.176. The Bertz CT molecular complexity index is 708. The minimum Gasteiger partial charge on any atom is -0.306 e. The Kier molecular flexibility index (Phi) is 4.66. The van der Waals surface area contributed by atoms with Gasteiger partial charge in [0.05, 0.1) is 23.3 Å². The normalized spacial score (nSPS) is 11.4. The lowest BCUT2D eigenvalue weighted by atomic mass is 10.1. The molecule has 2 aromatic carbocycles. The van der Waals surface area contributed by atoms with Crippen molar-refractivity contribution < 1.29 is 4.39 Å². The van der Waals surface area contributed by atoms with Crippen molar-refractivity contribution in [2.75, 3.05) is 0 Å². The molecular formula is C17H14FN3. The van der Waals surface area contributed by atoms with E-state index in [9.17, 15) is 4.39 Å². The van der Waals surface area contributed by atoms with Gasteiger partial charge in [-0.25, -0.2) is 4.39 Å². The van der Waals surface area contributed by atoms with Gasteiger partial charge in [0, 0.05) is 12.6 Å². The van der Waals surface area contributed by atoms with Crippen LogP contribution in [-0.4, -0.2) is 0 Å². The minimum atomic E-state index is -0.406. The Morgan fingerprint density at radius 2 is 1.71 bits per heavy atom. The number of nitrogens with zero attached hydrogens (tertiary/aromatic N) is 2. The van der Waals surface area contributed by atoms with Crippen LogP contribution in [0.25, 0.3) is 0 Å². The highest BCUT2D eigenvalue weighted by Gasteiger charge is 2.06. The first-order chi connectivity index (χ1) is 10.1. The second-order valence-electron chi connectivity index (χ2n) is 4.80. The number of nitrogens with one attached hydrogen (secondary N) is 1. The lowest BCUT2D eigenvalue weighted by Gasteiger charge is -2.14. The van der Waals surface area contributed by atoms with Crippen LogP contribution in [0.2, 0.25) is 0 Å². The van der Waals surface area contributed by atoms with Crippen molar-refractivity contribution in [2.24, 2.45) is 0 Å². The molecule has 0 spiro atoms. The quantitative estimate of drug-likeness (QED) is 0.932. The molecule has 4 heteroatoms. The third-order valence-corrected chi connectivity index (χ3v) is 3.24. The molecular weight excluding hydrogens is 265 g/mol. The van der Waals surface area contributed by atoms with Gasteiger partial charge in [-0.3, -0.25) is 0 Å². The van der Waals surface area contributed by atoms with E-state index in [1.165, 1.54) is 12.1 Å². The SMILES string of the molecule is CC(NCc1cc(F)cc(C#N)c1)c1ccc(C#N)cc1. The number of hydrogen-bond acceptors (Lipinski definition) is 3. The average molecular weight is 279 g/mol. The third kappa shape index (κ3) is 3.89. The molecule has 0 aromatic heterocycles. The van der Waals surface area contributed by atoms with E-state index in [4.69, 9.17) is 10.5 Å². The van der Waals surface area contributed by atoms with Crippen molar-refractivity contribution >= 4 is 0 Å². The highest BCUT2D eigenvalue weighted by atomic mass is 19.1. The molecule has 2 aromatic rings. The highest BCUT2D eigenvalue weighted by molar-refractivity contribution is 5.34. The molecule has 3 nitrogen and oxygen atoms in total. The van der Waals surface area contributed by atoms with E-state index in [0.29, 0.717) is 17.7 Å². The predicted octanol–water partition coefficient (Wildman–Crippen LogP) is 3.42. The fourth-order valence-corrected chi connectivity index (χ4v) is 2.05. The Morgan fingerprint density at radius 1 is 1.05 bits per heavy atom. The first-order valence-corrected chi connectivity index (χ1v) is 6.55. The molecule has 0 saturated heterocycles. The van der Waals surface area contributed by atoms with Crippen LogP contribution in [-0.2, 0) is 6.54 Å². The van der Waals surface area contributed by atoms with E-state index in [-0.39, 0.29) is 6.04 Å². The molecule has 0 aliphatic heterocycles. The minimum absolute atomic E-state index is 0.0616. The van der Waals surface area contributed by atoms with Gasteiger partial charge in [0.15, 0.2) is 0 Å². The molecule has 104 valence electrons. The molecule has 2 rings (SSSR count). The average Bonchev–Trinajstić information content (AvgIpc) is 2.52. The van der Waals surface area contributed by atoms with Gasteiger partial charge < -0.3 is 5.32 Å². The Hall–Kier alpha value is -2.69. The number of benzene rings is 2. The van der Waals surface area contributed by atoms with Gasteiger partial charge in [-0.05, 0) is 48.4 Å². The largest absolute Gasteiger partial charge is 0.306 e. The number of nitriles is 2. The molecule has 0 amide bonds. The van der Waals surface area contributed by atoms with Crippen molar-refractivity contribution in [1.29, 1.82) is 10.5 Å². The zero-order valence-electron chi connectivity index (χ0n) is 11.6. The van der Waals surface area contributed by atoms with E-state index in [0.717, 1.165) is 11.1 Å². The van der Waals surface area contributed by atoms with Crippen LogP contribution >= 0.6 is 0 Å². The maximum atomic E-state index is 13.3. The zero-order valence-corrected chi connectivity index (χ0v) is 11.6. The van der Waals surface area contributed by atoms with Crippen LogP contribution in [0.15, 0.2) is 42.5 Å². The summed E-state index contributed by atoms with van der Waals surface area (Å²) in [6, 6.07) is 15.7. The van der Waals surface area contributed by atoms with Gasteiger partial charge in [-0.2, -0.15) is 10.5 Å². The van der Waals surface area contributed by atoms with E-state index in [2.05, 4.69) is 11.4 Å². The molecule has 0 aliphatic rings. The lowest BCUT2D eigenvalue weighted by Crippen LogP contribution is -2.18. The van der Waals surface area contributed by atoms with Gasteiger partial charge in [-0.15, -0.1) is 0 Å². The summed E-state index contributed by atoms with van der Waals surface area (Å²) in [6.45, 7) is 2.46. The van der Waals surface area contributed by atoms with E-state index in [1.807, 2.05) is 25.1 Å². The van der Waals surface area contributed by atoms with Gasteiger partial charge in [-0.1, -0.05) is 12.1 Å². The predicted molar refractivity (Wildman–Crippen MR) is 77.5 cm³/mol. The van der Waals surface area contributed by atoms with Crippen LogP contribution in [0.3, 0.4) is 0 Å². The lowest BCUT2D eigenvalue weighted by molar-refractivity contribution is 0.569. The number of rotatable bonds is 4. The monoisotopic (exact) mass is 279 g/mol. The molecule has 0 aliphatic carbocycles. The summed E-state index contributed by atoms with van der Waals surface area (Å²) < 4.78 is 13.3. The van der Waals surface area contributed by atoms with Gasteiger partial charge in [0.1, 0.15) is 5.82 Å². The molecule has 0 saturated carbocycles. The maximum Gasteiger partial charge on any atom is 0.124 e. The van der Waals surface area contributed by atoms with E-state index in [1.54, 1.807) is 18.2 Å². The highest BCUT2D eigenvalue weighted by Crippen LogP contribution is 2.15. The van der Waals surface area contributed by atoms with Gasteiger partial charge >= 0.3 is 0 Å². The smallest absolute Gasteiger partial charge is 0.124 e. The van der Waals surface area contributed by atoms with Crippen molar-refractivity contribution in [1.82, 2.24) is 5.32 Å². The molecule has 1 atom stereocenters. The molecule has 1 N–H and O–H groups in total. The molecule has 1 unspecified atom stereocenters. The topological polar surface area (TPSA) is 59.6 Å². The molecule has 0 heterocycles. The second kappa shape index (κ2) is 6.65.